The first kappa shape index (κ1) is 15.8. The molecule has 0 spiro atoms. The Morgan fingerprint density at radius 1 is 1.42 bits per heavy atom. The van der Waals surface area contributed by atoms with E-state index in [1.165, 1.54) is 6.21 Å². The molecule has 5 nitrogen and oxygen atoms in total. The van der Waals surface area contributed by atoms with Gasteiger partial charge in [-0.3, -0.25) is 0 Å². The van der Waals surface area contributed by atoms with Gasteiger partial charge in [0.05, 0.1) is 19.9 Å². The molecule has 0 amide bonds. The zero-order valence-electron chi connectivity index (χ0n) is 11.4. The summed E-state index contributed by atoms with van der Waals surface area (Å²) in [5.74, 6) is 1.19. The zero-order chi connectivity index (χ0) is 14.3. The normalized spacial score (nSPS) is 11.2. The average molecular weight is 331 g/mol. The fourth-order valence-electron chi connectivity index (χ4n) is 1.61. The fraction of sp³-hybridized carbons (Fsp3) is 0.462. The number of ether oxygens (including phenoxy) is 2. The summed E-state index contributed by atoms with van der Waals surface area (Å²) in [4.78, 5) is 2.10. The summed E-state index contributed by atoms with van der Waals surface area (Å²) in [5, 5.41) is 11.7. The summed E-state index contributed by atoms with van der Waals surface area (Å²) < 4.78 is 11.9. The van der Waals surface area contributed by atoms with E-state index >= 15 is 0 Å². The Hall–Kier alpha value is -1.27. The van der Waals surface area contributed by atoms with Crippen LogP contribution < -0.4 is 9.47 Å². The SMILES string of the molecule is COc1cc(Br)cc(C=NO)c1OCCCN(C)C. The van der Waals surface area contributed by atoms with E-state index in [2.05, 4.69) is 26.0 Å². The fourth-order valence-corrected chi connectivity index (χ4v) is 2.06. The monoisotopic (exact) mass is 330 g/mol. The molecule has 0 radical (unpaired) electrons. The van der Waals surface area contributed by atoms with Crippen LogP contribution in [0.25, 0.3) is 0 Å². The van der Waals surface area contributed by atoms with E-state index < -0.39 is 0 Å². The van der Waals surface area contributed by atoms with Crippen LogP contribution in [0, 0.1) is 0 Å². The van der Waals surface area contributed by atoms with Gasteiger partial charge in [-0.25, -0.2) is 0 Å². The van der Waals surface area contributed by atoms with Crippen LogP contribution in [0.15, 0.2) is 21.8 Å². The molecule has 0 aliphatic rings. The van der Waals surface area contributed by atoms with Gasteiger partial charge in [0.25, 0.3) is 0 Å². The molecular weight excluding hydrogens is 312 g/mol. The molecule has 0 fully saturated rings. The van der Waals surface area contributed by atoms with Gasteiger partial charge in [-0.1, -0.05) is 21.1 Å². The summed E-state index contributed by atoms with van der Waals surface area (Å²) >= 11 is 3.37. The molecule has 0 atom stereocenters. The van der Waals surface area contributed by atoms with Crippen LogP contribution in [0.3, 0.4) is 0 Å². The van der Waals surface area contributed by atoms with Crippen molar-refractivity contribution in [2.24, 2.45) is 5.16 Å². The van der Waals surface area contributed by atoms with E-state index in [1.807, 2.05) is 26.2 Å². The molecule has 0 aliphatic carbocycles. The van der Waals surface area contributed by atoms with Crippen LogP contribution in [0.5, 0.6) is 11.5 Å². The third kappa shape index (κ3) is 5.08. The van der Waals surface area contributed by atoms with Crippen LogP contribution >= 0.6 is 15.9 Å². The molecule has 0 aliphatic heterocycles. The number of benzene rings is 1. The van der Waals surface area contributed by atoms with E-state index in [0.717, 1.165) is 17.4 Å². The molecule has 106 valence electrons. The number of hydrogen-bond acceptors (Lipinski definition) is 5. The van der Waals surface area contributed by atoms with Crippen molar-refractivity contribution in [1.29, 1.82) is 0 Å². The molecule has 0 bridgehead atoms. The molecule has 0 heterocycles. The summed E-state index contributed by atoms with van der Waals surface area (Å²) in [6.45, 7) is 1.52. The first-order chi connectivity index (χ1) is 9.08. The van der Waals surface area contributed by atoms with Gasteiger partial charge in [0.15, 0.2) is 11.5 Å². The first-order valence-electron chi connectivity index (χ1n) is 5.91. The minimum Gasteiger partial charge on any atom is -0.493 e. The highest BCUT2D eigenvalue weighted by Gasteiger charge is 2.11. The summed E-state index contributed by atoms with van der Waals surface area (Å²) in [6.07, 6.45) is 2.23. The lowest BCUT2D eigenvalue weighted by molar-refractivity contribution is 0.267. The first-order valence-corrected chi connectivity index (χ1v) is 6.70. The smallest absolute Gasteiger partial charge is 0.170 e. The Labute approximate surface area is 121 Å². The van der Waals surface area contributed by atoms with Gasteiger partial charge in [0.2, 0.25) is 0 Å². The van der Waals surface area contributed by atoms with Gasteiger partial charge >= 0.3 is 0 Å². The molecule has 1 N–H and O–H groups in total. The Morgan fingerprint density at radius 3 is 2.74 bits per heavy atom. The van der Waals surface area contributed by atoms with Crippen molar-refractivity contribution in [3.05, 3.63) is 22.2 Å². The summed E-state index contributed by atoms with van der Waals surface area (Å²) in [7, 11) is 5.61. The maximum atomic E-state index is 8.69. The highest BCUT2D eigenvalue weighted by molar-refractivity contribution is 9.10. The predicted octanol–water partition coefficient (Wildman–Crippen LogP) is 2.60. The predicted molar refractivity (Wildman–Crippen MR) is 78.7 cm³/mol. The van der Waals surface area contributed by atoms with Crippen molar-refractivity contribution < 1.29 is 14.7 Å². The number of oxime groups is 1. The molecule has 0 aromatic heterocycles. The van der Waals surface area contributed by atoms with Gasteiger partial charge in [-0.05, 0) is 32.6 Å². The highest BCUT2D eigenvalue weighted by Crippen LogP contribution is 2.34. The van der Waals surface area contributed by atoms with Crippen molar-refractivity contribution in [1.82, 2.24) is 4.90 Å². The third-order valence-electron chi connectivity index (χ3n) is 2.46. The van der Waals surface area contributed by atoms with Gasteiger partial charge in [0, 0.05) is 16.6 Å². The molecule has 1 aromatic rings. The second-order valence-corrected chi connectivity index (χ2v) is 5.19. The third-order valence-corrected chi connectivity index (χ3v) is 2.92. The lowest BCUT2D eigenvalue weighted by atomic mass is 10.2. The van der Waals surface area contributed by atoms with E-state index in [1.54, 1.807) is 7.11 Å². The quantitative estimate of drug-likeness (QED) is 0.361. The Morgan fingerprint density at radius 2 is 2.16 bits per heavy atom. The van der Waals surface area contributed by atoms with Crippen LogP contribution in [0.4, 0.5) is 0 Å². The molecule has 0 saturated heterocycles. The van der Waals surface area contributed by atoms with Crippen molar-refractivity contribution in [3.8, 4) is 11.5 Å². The molecule has 0 unspecified atom stereocenters. The van der Waals surface area contributed by atoms with Crippen molar-refractivity contribution in [3.63, 3.8) is 0 Å². The number of hydrogen-bond donors (Lipinski definition) is 1. The van der Waals surface area contributed by atoms with Crippen LogP contribution in [0.1, 0.15) is 12.0 Å². The lowest BCUT2D eigenvalue weighted by Gasteiger charge is -2.15. The maximum absolute atomic E-state index is 8.69. The van der Waals surface area contributed by atoms with Crippen molar-refractivity contribution in [2.75, 3.05) is 34.4 Å². The second-order valence-electron chi connectivity index (χ2n) is 4.28. The number of methoxy groups -OCH3 is 1. The standard InChI is InChI=1S/C13H19BrN2O3/c1-16(2)5-4-6-19-13-10(9-15-17)7-11(14)8-12(13)18-3/h7-9,17H,4-6H2,1-3H3. The molecule has 0 saturated carbocycles. The Kier molecular flexibility index (Phi) is 6.66. The van der Waals surface area contributed by atoms with Crippen molar-refractivity contribution in [2.45, 2.75) is 6.42 Å². The zero-order valence-corrected chi connectivity index (χ0v) is 13.0. The van der Waals surface area contributed by atoms with E-state index in [0.29, 0.717) is 23.7 Å². The second kappa shape index (κ2) is 8.01. The molecule has 1 rings (SSSR count). The van der Waals surface area contributed by atoms with E-state index in [9.17, 15) is 0 Å². The number of nitrogens with zero attached hydrogens (tertiary/aromatic N) is 2. The van der Waals surface area contributed by atoms with E-state index in [4.69, 9.17) is 14.7 Å². The summed E-state index contributed by atoms with van der Waals surface area (Å²) in [6, 6.07) is 3.62. The number of halogens is 1. The molecule has 1 aromatic carbocycles. The topological polar surface area (TPSA) is 54.3 Å². The maximum Gasteiger partial charge on any atom is 0.170 e. The molecule has 19 heavy (non-hydrogen) atoms. The molecular formula is C13H19BrN2O3. The van der Waals surface area contributed by atoms with Crippen molar-refractivity contribution >= 4 is 22.1 Å². The largest absolute Gasteiger partial charge is 0.493 e. The number of rotatable bonds is 7. The lowest BCUT2D eigenvalue weighted by Crippen LogP contribution is -2.16. The Balaban J connectivity index is 2.84. The van der Waals surface area contributed by atoms with Gasteiger partial charge in [0.1, 0.15) is 0 Å². The van der Waals surface area contributed by atoms with Crippen LogP contribution in [0.2, 0.25) is 0 Å². The summed E-state index contributed by atoms with van der Waals surface area (Å²) in [5.41, 5.74) is 0.665. The van der Waals surface area contributed by atoms with Crippen LogP contribution in [-0.2, 0) is 0 Å². The van der Waals surface area contributed by atoms with Gasteiger partial charge in [-0.15, -0.1) is 0 Å². The minimum atomic E-state index is 0.572. The Bertz CT molecular complexity index is 436. The minimum absolute atomic E-state index is 0.572. The van der Waals surface area contributed by atoms with Gasteiger partial charge in [-0.2, -0.15) is 0 Å². The average Bonchev–Trinajstić information content (AvgIpc) is 2.36. The van der Waals surface area contributed by atoms with Crippen LogP contribution in [-0.4, -0.2) is 50.7 Å². The highest BCUT2D eigenvalue weighted by atomic mass is 79.9. The van der Waals surface area contributed by atoms with E-state index in [-0.39, 0.29) is 0 Å². The van der Waals surface area contributed by atoms with Gasteiger partial charge < -0.3 is 19.6 Å². The molecule has 6 heteroatoms.